The van der Waals surface area contributed by atoms with Gasteiger partial charge < -0.3 is 11.5 Å². The number of rotatable bonds is 4. The molecular weight excluding hydrogens is 483 g/mol. The lowest BCUT2D eigenvalue weighted by Gasteiger charge is -2.03. The van der Waals surface area contributed by atoms with E-state index >= 15 is 0 Å². The summed E-state index contributed by atoms with van der Waals surface area (Å²) in [5, 5.41) is 17.1. The van der Waals surface area contributed by atoms with Crippen molar-refractivity contribution in [3.63, 3.8) is 0 Å². The van der Waals surface area contributed by atoms with Crippen LogP contribution >= 0.6 is 47.5 Å². The van der Waals surface area contributed by atoms with Crippen molar-refractivity contribution in [1.29, 1.82) is 10.8 Å². The van der Waals surface area contributed by atoms with Crippen molar-refractivity contribution in [3.8, 4) is 21.1 Å². The van der Waals surface area contributed by atoms with E-state index < -0.39 is 0 Å². The maximum Gasteiger partial charge on any atom is 0.125 e. The topological polar surface area (TPSA) is 126 Å². The lowest BCUT2D eigenvalue weighted by molar-refractivity contribution is 1.42. The second-order valence-electron chi connectivity index (χ2n) is 6.78. The molecule has 6 N–H and O–H groups in total. The van der Waals surface area contributed by atoms with Gasteiger partial charge in [0.25, 0.3) is 0 Å². The highest BCUT2D eigenvalue weighted by Gasteiger charge is 2.16. The van der Waals surface area contributed by atoms with E-state index in [0.29, 0.717) is 11.1 Å². The van der Waals surface area contributed by atoms with Crippen LogP contribution in [0.15, 0.2) is 60.7 Å². The molecule has 0 atom stereocenters. The summed E-state index contributed by atoms with van der Waals surface area (Å²) in [6.45, 7) is 0. The average molecular weight is 501 g/mol. The Kier molecular flexibility index (Phi) is 6.80. The SMILES string of the molecule is Cl.Cl.N=C(N)c1ccc2nc(-c3ccccc3-c3nc4ccc(C(=N)N)cc4s3)sc2c1. The molecule has 0 aliphatic heterocycles. The predicted molar refractivity (Wildman–Crippen MR) is 140 cm³/mol. The summed E-state index contributed by atoms with van der Waals surface area (Å²) in [7, 11) is 0. The Bertz CT molecular complexity index is 1360. The molecule has 0 saturated carbocycles. The van der Waals surface area contributed by atoms with E-state index in [4.69, 9.17) is 32.3 Å². The van der Waals surface area contributed by atoms with Gasteiger partial charge in [-0.15, -0.1) is 47.5 Å². The highest BCUT2D eigenvalue weighted by Crippen LogP contribution is 2.39. The second-order valence-corrected chi connectivity index (χ2v) is 8.84. The molecule has 5 aromatic rings. The molecule has 5 rings (SSSR count). The molecule has 0 radical (unpaired) electrons. The van der Waals surface area contributed by atoms with Crippen molar-refractivity contribution < 1.29 is 0 Å². The number of thiazole rings is 2. The molecule has 0 amide bonds. The molecule has 0 aliphatic carbocycles. The molecule has 6 nitrogen and oxygen atoms in total. The van der Waals surface area contributed by atoms with Crippen molar-refractivity contribution in [3.05, 3.63) is 71.8 Å². The summed E-state index contributed by atoms with van der Waals surface area (Å²) in [4.78, 5) is 9.60. The fourth-order valence-corrected chi connectivity index (χ4v) is 5.36. The minimum atomic E-state index is 0. The van der Waals surface area contributed by atoms with Crippen molar-refractivity contribution in [2.24, 2.45) is 11.5 Å². The van der Waals surface area contributed by atoms with Crippen LogP contribution in [0.4, 0.5) is 0 Å². The molecule has 0 fully saturated rings. The van der Waals surface area contributed by atoms with Gasteiger partial charge in [-0.05, 0) is 36.4 Å². The van der Waals surface area contributed by atoms with Gasteiger partial charge in [-0.1, -0.05) is 24.3 Å². The fraction of sp³-hybridized carbons (Fsp3) is 0. The van der Waals surface area contributed by atoms with Gasteiger partial charge in [0.05, 0.1) is 20.4 Å². The number of fused-ring (bicyclic) bond motifs is 2. The molecule has 0 spiro atoms. The van der Waals surface area contributed by atoms with Crippen LogP contribution in [0.5, 0.6) is 0 Å². The van der Waals surface area contributed by atoms with Gasteiger partial charge in [0.1, 0.15) is 21.7 Å². The molecule has 0 bridgehead atoms. The third kappa shape index (κ3) is 4.18. The number of benzene rings is 3. The monoisotopic (exact) mass is 500 g/mol. The molecule has 2 aromatic heterocycles. The fourth-order valence-electron chi connectivity index (χ4n) is 3.27. The van der Waals surface area contributed by atoms with Gasteiger partial charge in [0, 0.05) is 22.3 Å². The zero-order valence-electron chi connectivity index (χ0n) is 16.5. The maximum absolute atomic E-state index is 7.66. The van der Waals surface area contributed by atoms with Gasteiger partial charge in [-0.3, -0.25) is 10.8 Å². The minimum absolute atomic E-state index is 0. The highest BCUT2D eigenvalue weighted by atomic mass is 35.5. The van der Waals surface area contributed by atoms with Crippen LogP contribution in [0.1, 0.15) is 11.1 Å². The van der Waals surface area contributed by atoms with Crippen LogP contribution in [-0.2, 0) is 0 Å². The Hall–Kier alpha value is -3.04. The maximum atomic E-state index is 7.66. The smallest absolute Gasteiger partial charge is 0.125 e. The normalized spacial score (nSPS) is 10.5. The van der Waals surface area contributed by atoms with E-state index in [0.717, 1.165) is 41.6 Å². The summed E-state index contributed by atoms with van der Waals surface area (Å²) < 4.78 is 1.98. The first-order valence-corrected chi connectivity index (χ1v) is 10.7. The Morgan fingerprint density at radius 3 is 1.44 bits per heavy atom. The summed E-state index contributed by atoms with van der Waals surface area (Å²) in [5.74, 6) is 0.0957. The zero-order valence-corrected chi connectivity index (χ0v) is 19.7. The van der Waals surface area contributed by atoms with Gasteiger partial charge >= 0.3 is 0 Å². The number of nitrogen functional groups attached to an aromatic ring is 2. The predicted octanol–water partition coefficient (Wildman–Crippen LogP) is 5.65. The van der Waals surface area contributed by atoms with Crippen LogP contribution in [0.25, 0.3) is 41.6 Å². The van der Waals surface area contributed by atoms with Gasteiger partial charge in [-0.2, -0.15) is 0 Å². The van der Waals surface area contributed by atoms with Crippen LogP contribution in [0.3, 0.4) is 0 Å². The number of nitrogens with one attached hydrogen (secondary N) is 2. The molecular formula is C22H18Cl2N6S2. The van der Waals surface area contributed by atoms with Crippen molar-refractivity contribution in [2.75, 3.05) is 0 Å². The van der Waals surface area contributed by atoms with E-state index in [1.54, 1.807) is 22.7 Å². The summed E-state index contributed by atoms with van der Waals surface area (Å²) in [6.07, 6.45) is 0. The third-order valence-electron chi connectivity index (χ3n) is 4.79. The van der Waals surface area contributed by atoms with Crippen LogP contribution < -0.4 is 11.5 Å². The first kappa shape index (κ1) is 23.6. The van der Waals surface area contributed by atoms with E-state index in [9.17, 15) is 0 Å². The summed E-state index contributed by atoms with van der Waals surface area (Å²) in [5.41, 5.74) is 16.4. The van der Waals surface area contributed by atoms with Crippen LogP contribution in [-0.4, -0.2) is 21.6 Å². The number of nitrogens with two attached hydrogens (primary N) is 2. The van der Waals surface area contributed by atoms with E-state index in [-0.39, 0.29) is 36.5 Å². The molecule has 0 unspecified atom stereocenters. The number of nitrogens with zero attached hydrogens (tertiary/aromatic N) is 2. The largest absolute Gasteiger partial charge is 0.384 e. The summed E-state index contributed by atoms with van der Waals surface area (Å²) in [6, 6.07) is 19.3. The molecule has 10 heteroatoms. The zero-order chi connectivity index (χ0) is 20.8. The average Bonchev–Trinajstić information content (AvgIpc) is 3.36. The van der Waals surface area contributed by atoms with Crippen LogP contribution in [0.2, 0.25) is 0 Å². The van der Waals surface area contributed by atoms with Gasteiger partial charge in [-0.25, -0.2) is 9.97 Å². The van der Waals surface area contributed by atoms with Crippen molar-refractivity contribution in [1.82, 2.24) is 9.97 Å². The number of aromatic nitrogens is 2. The summed E-state index contributed by atoms with van der Waals surface area (Å²) >= 11 is 3.15. The first-order valence-electron chi connectivity index (χ1n) is 9.09. The van der Waals surface area contributed by atoms with E-state index in [2.05, 4.69) is 0 Å². The molecule has 162 valence electrons. The first-order chi connectivity index (χ1) is 14.5. The number of halogens is 2. The Labute approximate surface area is 204 Å². The highest BCUT2D eigenvalue weighted by molar-refractivity contribution is 7.22. The Balaban J connectivity index is 0.00000144. The van der Waals surface area contributed by atoms with Gasteiger partial charge in [0.15, 0.2) is 0 Å². The van der Waals surface area contributed by atoms with Gasteiger partial charge in [0.2, 0.25) is 0 Å². The second kappa shape index (κ2) is 9.22. The molecule has 2 heterocycles. The third-order valence-corrected chi connectivity index (χ3v) is 6.89. The molecule has 3 aromatic carbocycles. The molecule has 32 heavy (non-hydrogen) atoms. The molecule has 0 aliphatic rings. The number of hydrogen-bond acceptors (Lipinski definition) is 6. The van der Waals surface area contributed by atoms with Crippen LogP contribution in [0, 0.1) is 10.8 Å². The van der Waals surface area contributed by atoms with Crippen molar-refractivity contribution >= 4 is 79.6 Å². The molecule has 0 saturated heterocycles. The Morgan fingerprint density at radius 1 is 0.656 bits per heavy atom. The lowest BCUT2D eigenvalue weighted by Crippen LogP contribution is -2.10. The quantitative estimate of drug-likeness (QED) is 0.187. The number of hydrogen-bond donors (Lipinski definition) is 4. The number of amidine groups is 2. The minimum Gasteiger partial charge on any atom is -0.384 e. The van der Waals surface area contributed by atoms with Crippen molar-refractivity contribution in [2.45, 2.75) is 0 Å². The standard InChI is InChI=1S/C22H16N6S2.2ClH/c23-19(24)11-5-7-15-17(9-11)29-21(27-15)13-3-1-2-4-14(13)22-28-16-8-6-12(20(25)26)10-18(16)30-22;;/h1-10H,(H3,23,24)(H3,25,26);2*1H. The lowest BCUT2D eigenvalue weighted by atomic mass is 10.1. The Morgan fingerprint density at radius 2 is 1.06 bits per heavy atom. The van der Waals surface area contributed by atoms with E-state index in [1.165, 1.54) is 0 Å². The van der Waals surface area contributed by atoms with E-state index in [1.807, 2.05) is 60.7 Å².